The van der Waals surface area contributed by atoms with Crippen LogP contribution in [0, 0.1) is 5.92 Å². The van der Waals surface area contributed by atoms with Crippen LogP contribution in [0.25, 0.3) is 0 Å². The zero-order valence-corrected chi connectivity index (χ0v) is 14.8. The minimum Gasteiger partial charge on any atom is -0.379 e. The minimum atomic E-state index is 0.649. The molecule has 0 aromatic rings. The molecule has 1 unspecified atom stereocenters. The van der Waals surface area contributed by atoms with Gasteiger partial charge in [-0.1, -0.05) is 55.7 Å². The van der Waals surface area contributed by atoms with Crippen LogP contribution < -0.4 is 0 Å². The first-order chi connectivity index (χ1) is 9.31. The Balaban J connectivity index is 2.95. The van der Waals surface area contributed by atoms with Gasteiger partial charge in [0.25, 0.3) is 0 Å². The van der Waals surface area contributed by atoms with Crippen LogP contribution >= 0.6 is 22.6 Å². The highest BCUT2D eigenvalue weighted by Gasteiger charge is 1.98. The zero-order valence-electron chi connectivity index (χ0n) is 12.7. The van der Waals surface area contributed by atoms with Gasteiger partial charge in [0.2, 0.25) is 0 Å². The molecular weight excluding hydrogens is 355 g/mol. The lowest BCUT2D eigenvalue weighted by Gasteiger charge is -2.09. The molecule has 0 aliphatic heterocycles. The molecule has 0 radical (unpaired) electrons. The first-order valence-corrected chi connectivity index (χ1v) is 9.13. The summed E-state index contributed by atoms with van der Waals surface area (Å²) < 4.78 is 17.7. The zero-order chi connectivity index (χ0) is 14.2. The van der Waals surface area contributed by atoms with Gasteiger partial charge in [0.05, 0.1) is 26.4 Å². The molecule has 0 saturated carbocycles. The molecule has 116 valence electrons. The molecule has 0 fully saturated rings. The summed E-state index contributed by atoms with van der Waals surface area (Å²) in [5.74, 6) is 0.649. The summed E-state index contributed by atoms with van der Waals surface area (Å²) in [6.07, 6.45) is 6.30. The van der Waals surface area contributed by atoms with E-state index in [1.807, 2.05) is 0 Å². The summed E-state index contributed by atoms with van der Waals surface area (Å²) in [7, 11) is 0. The number of hydrogen-bond donors (Lipinski definition) is 0. The second-order valence-electron chi connectivity index (χ2n) is 4.92. The molecule has 0 rings (SSSR count). The highest BCUT2D eigenvalue weighted by atomic mass is 127. The largest absolute Gasteiger partial charge is 0.379 e. The lowest BCUT2D eigenvalue weighted by molar-refractivity contribution is 0.00772. The number of hydrogen-bond acceptors (Lipinski definition) is 3. The predicted octanol–water partition coefficient (Wildman–Crippen LogP) is 4.08. The van der Waals surface area contributed by atoms with Gasteiger partial charge in [-0.05, 0) is 23.2 Å². The Kier molecular flexibility index (Phi) is 17.2. The Hall–Kier alpha value is 0.610. The Bertz CT molecular complexity index is 167. The van der Waals surface area contributed by atoms with Crippen LogP contribution in [0.2, 0.25) is 0 Å². The van der Waals surface area contributed by atoms with E-state index in [0.717, 1.165) is 13.2 Å². The van der Waals surface area contributed by atoms with E-state index in [1.165, 1.54) is 36.5 Å². The van der Waals surface area contributed by atoms with Gasteiger partial charge in [-0.2, -0.15) is 0 Å². The number of unbranched alkanes of at least 4 members (excludes halogenated alkanes) is 3. The van der Waals surface area contributed by atoms with Gasteiger partial charge in [-0.15, -0.1) is 0 Å². The van der Waals surface area contributed by atoms with Crippen LogP contribution in [0.4, 0.5) is 0 Å². The van der Waals surface area contributed by atoms with Gasteiger partial charge in [-0.3, -0.25) is 0 Å². The van der Waals surface area contributed by atoms with E-state index < -0.39 is 0 Å². The lowest BCUT2D eigenvalue weighted by Crippen LogP contribution is -2.12. The highest BCUT2D eigenvalue weighted by Crippen LogP contribution is 2.02. The second-order valence-corrected chi connectivity index (χ2v) is 6.00. The Morgan fingerprint density at radius 2 is 1.37 bits per heavy atom. The third kappa shape index (κ3) is 16.6. The van der Waals surface area contributed by atoms with Gasteiger partial charge in [0, 0.05) is 13.2 Å². The molecule has 1 atom stereocenters. The maximum absolute atomic E-state index is 5.51. The van der Waals surface area contributed by atoms with Crippen LogP contribution in [-0.2, 0) is 14.2 Å². The molecule has 3 nitrogen and oxygen atoms in total. The molecule has 19 heavy (non-hydrogen) atoms. The monoisotopic (exact) mass is 386 g/mol. The van der Waals surface area contributed by atoms with Gasteiger partial charge < -0.3 is 14.2 Å². The molecule has 0 aliphatic rings. The second kappa shape index (κ2) is 16.7. The van der Waals surface area contributed by atoms with Crippen molar-refractivity contribution < 1.29 is 14.2 Å². The molecule has 0 amide bonds. The summed E-state index contributed by atoms with van der Waals surface area (Å²) in [6.45, 7) is 8.86. The van der Waals surface area contributed by atoms with E-state index in [9.17, 15) is 0 Å². The van der Waals surface area contributed by atoms with Gasteiger partial charge in [0.1, 0.15) is 0 Å². The normalized spacial score (nSPS) is 12.8. The van der Waals surface area contributed by atoms with Crippen LogP contribution in [-0.4, -0.2) is 44.1 Å². The third-order valence-electron chi connectivity index (χ3n) is 3.02. The minimum absolute atomic E-state index is 0.649. The van der Waals surface area contributed by atoms with Crippen LogP contribution in [0.5, 0.6) is 0 Å². The average molecular weight is 386 g/mol. The van der Waals surface area contributed by atoms with Crippen molar-refractivity contribution in [1.82, 2.24) is 0 Å². The van der Waals surface area contributed by atoms with E-state index >= 15 is 0 Å². The van der Waals surface area contributed by atoms with E-state index in [0.29, 0.717) is 32.3 Å². The van der Waals surface area contributed by atoms with E-state index in [1.54, 1.807) is 0 Å². The van der Waals surface area contributed by atoms with Crippen molar-refractivity contribution in [2.45, 2.75) is 46.0 Å². The lowest BCUT2D eigenvalue weighted by atomic mass is 10.1. The highest BCUT2D eigenvalue weighted by molar-refractivity contribution is 14.1. The number of alkyl halides is 1. The molecule has 0 N–H and O–H groups in total. The number of rotatable bonds is 15. The summed E-state index contributed by atoms with van der Waals surface area (Å²) in [5.41, 5.74) is 0. The average Bonchev–Trinajstić information content (AvgIpc) is 2.43. The number of halogens is 1. The molecule has 4 heteroatoms. The SMILES string of the molecule is CCC(C)COCCOCCOCCCCCCI. The first kappa shape index (κ1) is 19.6. The van der Waals surface area contributed by atoms with Crippen LogP contribution in [0.1, 0.15) is 46.0 Å². The molecule has 0 aromatic heterocycles. The van der Waals surface area contributed by atoms with Crippen LogP contribution in [0.3, 0.4) is 0 Å². The van der Waals surface area contributed by atoms with Crippen molar-refractivity contribution in [2.75, 3.05) is 44.1 Å². The quantitative estimate of drug-likeness (QED) is 0.241. The van der Waals surface area contributed by atoms with Crippen molar-refractivity contribution >= 4 is 22.6 Å². The molecule has 0 bridgehead atoms. The molecule has 0 aromatic carbocycles. The Morgan fingerprint density at radius 3 is 2.00 bits per heavy atom. The molecule has 0 saturated heterocycles. The van der Waals surface area contributed by atoms with Gasteiger partial charge >= 0.3 is 0 Å². The fourth-order valence-corrected chi connectivity index (χ4v) is 2.03. The first-order valence-electron chi connectivity index (χ1n) is 7.60. The molecule has 0 heterocycles. The molecule has 0 aliphatic carbocycles. The maximum atomic E-state index is 5.51. The maximum Gasteiger partial charge on any atom is 0.0701 e. The summed E-state index contributed by atoms with van der Waals surface area (Å²) >= 11 is 2.43. The standard InChI is InChI=1S/C15H31IO3/c1-3-15(2)14-19-13-12-18-11-10-17-9-7-5-4-6-8-16/h15H,3-14H2,1-2H3. The fourth-order valence-electron chi connectivity index (χ4n) is 1.49. The fraction of sp³-hybridized carbons (Fsp3) is 1.00. The predicted molar refractivity (Wildman–Crippen MR) is 89.3 cm³/mol. The van der Waals surface area contributed by atoms with E-state index in [2.05, 4.69) is 36.4 Å². The van der Waals surface area contributed by atoms with Crippen molar-refractivity contribution in [3.05, 3.63) is 0 Å². The van der Waals surface area contributed by atoms with Crippen LogP contribution in [0.15, 0.2) is 0 Å². The van der Waals surface area contributed by atoms with Crippen molar-refractivity contribution in [3.8, 4) is 0 Å². The topological polar surface area (TPSA) is 27.7 Å². The van der Waals surface area contributed by atoms with E-state index in [-0.39, 0.29) is 0 Å². The van der Waals surface area contributed by atoms with Crippen molar-refractivity contribution in [3.63, 3.8) is 0 Å². The Labute approximate surface area is 132 Å². The van der Waals surface area contributed by atoms with Gasteiger partial charge in [0.15, 0.2) is 0 Å². The summed E-state index contributed by atoms with van der Waals surface area (Å²) in [6, 6.07) is 0. The molecular formula is C15H31IO3. The molecule has 0 spiro atoms. The number of ether oxygens (including phenoxy) is 3. The van der Waals surface area contributed by atoms with Gasteiger partial charge in [-0.25, -0.2) is 0 Å². The van der Waals surface area contributed by atoms with Crippen molar-refractivity contribution in [2.24, 2.45) is 5.92 Å². The summed E-state index contributed by atoms with van der Waals surface area (Å²) in [5, 5.41) is 0. The third-order valence-corrected chi connectivity index (χ3v) is 3.78. The summed E-state index contributed by atoms with van der Waals surface area (Å²) in [4.78, 5) is 0. The van der Waals surface area contributed by atoms with Crippen molar-refractivity contribution in [1.29, 1.82) is 0 Å². The van der Waals surface area contributed by atoms with E-state index in [4.69, 9.17) is 14.2 Å². The smallest absolute Gasteiger partial charge is 0.0701 e. The Morgan fingerprint density at radius 1 is 0.789 bits per heavy atom.